The molecule has 4 rings (SSSR count). The summed E-state index contributed by atoms with van der Waals surface area (Å²) in [7, 11) is 0. The number of fused-ring (bicyclic) bond motifs is 2. The second kappa shape index (κ2) is 5.56. The van der Waals surface area contributed by atoms with Crippen molar-refractivity contribution in [3.8, 4) is 0 Å². The standard InChI is InChI=1S/C17H20BrN3/c18-13-10-14-17(20-11-13)16(7-8-19-14)21-9-3-5-12-4-1-2-6-15(12)21/h7-8,10-12,15H,1-6,9H2. The average molecular weight is 346 g/mol. The zero-order valence-corrected chi connectivity index (χ0v) is 13.7. The van der Waals surface area contributed by atoms with Crippen molar-refractivity contribution in [1.29, 1.82) is 0 Å². The number of piperidine rings is 1. The Morgan fingerprint density at radius 2 is 1.95 bits per heavy atom. The van der Waals surface area contributed by atoms with Crippen molar-refractivity contribution >= 4 is 32.7 Å². The fraction of sp³-hybridized carbons (Fsp3) is 0.529. The van der Waals surface area contributed by atoms with E-state index in [1.807, 2.05) is 12.4 Å². The molecule has 21 heavy (non-hydrogen) atoms. The summed E-state index contributed by atoms with van der Waals surface area (Å²) in [4.78, 5) is 11.7. The minimum Gasteiger partial charge on any atom is -0.366 e. The molecule has 110 valence electrons. The molecule has 2 unspecified atom stereocenters. The van der Waals surface area contributed by atoms with Crippen molar-refractivity contribution in [3.05, 3.63) is 29.0 Å². The maximum absolute atomic E-state index is 4.64. The van der Waals surface area contributed by atoms with E-state index in [9.17, 15) is 0 Å². The summed E-state index contributed by atoms with van der Waals surface area (Å²) in [5, 5.41) is 0. The summed E-state index contributed by atoms with van der Waals surface area (Å²) in [5.41, 5.74) is 3.32. The van der Waals surface area contributed by atoms with Crippen molar-refractivity contribution in [2.24, 2.45) is 5.92 Å². The van der Waals surface area contributed by atoms with Crippen LogP contribution in [0.5, 0.6) is 0 Å². The third-order valence-electron chi connectivity index (χ3n) is 5.08. The molecule has 2 aromatic heterocycles. The summed E-state index contributed by atoms with van der Waals surface area (Å²) in [6.07, 6.45) is 12.1. The predicted octanol–water partition coefficient (Wildman–Crippen LogP) is 4.55. The van der Waals surface area contributed by atoms with E-state index in [2.05, 4.69) is 42.9 Å². The Balaban J connectivity index is 1.78. The van der Waals surface area contributed by atoms with Crippen LogP contribution in [-0.2, 0) is 0 Å². The number of anilines is 1. The lowest BCUT2D eigenvalue weighted by atomic mass is 9.78. The van der Waals surface area contributed by atoms with E-state index < -0.39 is 0 Å². The molecule has 0 aromatic carbocycles. The van der Waals surface area contributed by atoms with Crippen LogP contribution in [0.25, 0.3) is 11.0 Å². The van der Waals surface area contributed by atoms with Crippen LogP contribution < -0.4 is 4.90 Å². The lowest BCUT2D eigenvalue weighted by molar-refractivity contribution is 0.244. The average Bonchev–Trinajstić information content (AvgIpc) is 2.53. The van der Waals surface area contributed by atoms with Gasteiger partial charge >= 0.3 is 0 Å². The van der Waals surface area contributed by atoms with E-state index in [0.29, 0.717) is 6.04 Å². The number of halogens is 1. The maximum Gasteiger partial charge on any atom is 0.112 e. The van der Waals surface area contributed by atoms with Gasteiger partial charge in [-0.15, -0.1) is 0 Å². The van der Waals surface area contributed by atoms with Crippen LogP contribution in [-0.4, -0.2) is 22.6 Å². The first-order valence-electron chi connectivity index (χ1n) is 8.00. The van der Waals surface area contributed by atoms with Gasteiger partial charge < -0.3 is 4.90 Å². The fourth-order valence-electron chi connectivity index (χ4n) is 4.15. The molecule has 3 nitrogen and oxygen atoms in total. The van der Waals surface area contributed by atoms with E-state index in [-0.39, 0.29) is 0 Å². The quantitative estimate of drug-likeness (QED) is 0.758. The first-order valence-corrected chi connectivity index (χ1v) is 8.79. The van der Waals surface area contributed by atoms with Crippen LogP contribution in [0.4, 0.5) is 5.69 Å². The first kappa shape index (κ1) is 13.5. The van der Waals surface area contributed by atoms with Gasteiger partial charge in [-0.1, -0.05) is 12.8 Å². The predicted molar refractivity (Wildman–Crippen MR) is 89.6 cm³/mol. The normalized spacial score (nSPS) is 25.9. The molecule has 2 aromatic rings. The molecule has 2 atom stereocenters. The highest BCUT2D eigenvalue weighted by molar-refractivity contribution is 9.10. The van der Waals surface area contributed by atoms with Crippen molar-refractivity contribution in [2.45, 2.75) is 44.6 Å². The second-order valence-electron chi connectivity index (χ2n) is 6.30. The molecular formula is C17H20BrN3. The van der Waals surface area contributed by atoms with Gasteiger partial charge in [0.2, 0.25) is 0 Å². The number of rotatable bonds is 1. The van der Waals surface area contributed by atoms with Gasteiger partial charge in [-0.2, -0.15) is 0 Å². The van der Waals surface area contributed by atoms with Gasteiger partial charge in [0.25, 0.3) is 0 Å². The summed E-state index contributed by atoms with van der Waals surface area (Å²) in [6, 6.07) is 4.93. The van der Waals surface area contributed by atoms with Gasteiger partial charge in [0.1, 0.15) is 5.52 Å². The van der Waals surface area contributed by atoms with Crippen molar-refractivity contribution in [1.82, 2.24) is 9.97 Å². The molecule has 4 heteroatoms. The number of hydrogen-bond acceptors (Lipinski definition) is 3. The minimum atomic E-state index is 0.712. The van der Waals surface area contributed by atoms with E-state index in [4.69, 9.17) is 0 Å². The smallest absolute Gasteiger partial charge is 0.112 e. The molecule has 3 heterocycles. The van der Waals surface area contributed by atoms with Gasteiger partial charge in [-0.05, 0) is 59.7 Å². The molecule has 2 fully saturated rings. The lowest BCUT2D eigenvalue weighted by Crippen LogP contribution is -2.47. The number of nitrogens with zero attached hydrogens (tertiary/aromatic N) is 3. The highest BCUT2D eigenvalue weighted by atomic mass is 79.9. The van der Waals surface area contributed by atoms with Gasteiger partial charge in [-0.3, -0.25) is 9.97 Å². The SMILES string of the molecule is Brc1cnc2c(N3CCCC4CCCCC43)ccnc2c1. The third kappa shape index (κ3) is 2.44. The van der Waals surface area contributed by atoms with E-state index in [1.54, 1.807) is 0 Å². The van der Waals surface area contributed by atoms with Gasteiger partial charge in [0.05, 0.1) is 11.2 Å². The topological polar surface area (TPSA) is 29.0 Å². The van der Waals surface area contributed by atoms with E-state index in [0.717, 1.165) is 28.0 Å². The van der Waals surface area contributed by atoms with Gasteiger partial charge in [0, 0.05) is 29.5 Å². The highest BCUT2D eigenvalue weighted by Crippen LogP contribution is 2.39. The Morgan fingerprint density at radius 1 is 1.10 bits per heavy atom. The molecule has 0 bridgehead atoms. The summed E-state index contributed by atoms with van der Waals surface area (Å²) >= 11 is 3.49. The summed E-state index contributed by atoms with van der Waals surface area (Å²) < 4.78 is 0.994. The molecular weight excluding hydrogens is 326 g/mol. The molecule has 0 spiro atoms. The minimum absolute atomic E-state index is 0.712. The zero-order valence-electron chi connectivity index (χ0n) is 12.1. The lowest BCUT2D eigenvalue weighted by Gasteiger charge is -2.45. The van der Waals surface area contributed by atoms with Crippen molar-refractivity contribution in [2.75, 3.05) is 11.4 Å². The molecule has 1 aliphatic carbocycles. The maximum atomic E-state index is 4.64. The summed E-state index contributed by atoms with van der Waals surface area (Å²) in [5.74, 6) is 0.881. The highest BCUT2D eigenvalue weighted by Gasteiger charge is 2.34. The third-order valence-corrected chi connectivity index (χ3v) is 5.51. The van der Waals surface area contributed by atoms with Gasteiger partial charge in [-0.25, -0.2) is 0 Å². The molecule has 2 aliphatic rings. The molecule has 1 saturated carbocycles. The van der Waals surface area contributed by atoms with Crippen LogP contribution in [0.3, 0.4) is 0 Å². The number of hydrogen-bond donors (Lipinski definition) is 0. The van der Waals surface area contributed by atoms with Crippen LogP contribution >= 0.6 is 15.9 Å². The van der Waals surface area contributed by atoms with E-state index >= 15 is 0 Å². The Morgan fingerprint density at radius 3 is 2.90 bits per heavy atom. The zero-order chi connectivity index (χ0) is 14.2. The van der Waals surface area contributed by atoms with Crippen LogP contribution in [0.2, 0.25) is 0 Å². The Bertz CT molecular complexity index is 656. The number of aromatic nitrogens is 2. The first-order chi connectivity index (χ1) is 10.3. The van der Waals surface area contributed by atoms with Crippen molar-refractivity contribution in [3.63, 3.8) is 0 Å². The molecule has 0 amide bonds. The number of pyridine rings is 2. The largest absolute Gasteiger partial charge is 0.366 e. The molecule has 1 aliphatic heterocycles. The van der Waals surface area contributed by atoms with Gasteiger partial charge in [0.15, 0.2) is 0 Å². The van der Waals surface area contributed by atoms with Crippen LogP contribution in [0.1, 0.15) is 38.5 Å². The Hall–Kier alpha value is -1.16. The van der Waals surface area contributed by atoms with Crippen LogP contribution in [0, 0.1) is 5.92 Å². The molecule has 0 radical (unpaired) electrons. The molecule has 0 N–H and O–H groups in total. The Kier molecular flexibility index (Phi) is 3.57. The second-order valence-corrected chi connectivity index (χ2v) is 7.21. The van der Waals surface area contributed by atoms with E-state index in [1.165, 1.54) is 44.2 Å². The summed E-state index contributed by atoms with van der Waals surface area (Å²) in [6.45, 7) is 1.16. The Labute approximate surface area is 133 Å². The molecule has 1 saturated heterocycles. The van der Waals surface area contributed by atoms with Crippen LogP contribution in [0.15, 0.2) is 29.0 Å². The monoisotopic (exact) mass is 345 g/mol. The van der Waals surface area contributed by atoms with Crippen molar-refractivity contribution < 1.29 is 0 Å². The fourth-order valence-corrected chi connectivity index (χ4v) is 4.47.